The molecule has 0 aromatic heterocycles. The van der Waals surface area contributed by atoms with Gasteiger partial charge in [0.05, 0.1) is 5.56 Å². The molecule has 0 bridgehead atoms. The second-order valence-corrected chi connectivity index (χ2v) is 6.41. The van der Waals surface area contributed by atoms with Crippen molar-refractivity contribution in [2.75, 3.05) is 13.1 Å². The maximum Gasteiger partial charge on any atom is 0.339 e. The van der Waals surface area contributed by atoms with Crippen molar-refractivity contribution in [3.63, 3.8) is 0 Å². The number of nitrogens with zero attached hydrogens (tertiary/aromatic N) is 1. The second-order valence-electron chi connectivity index (χ2n) is 6.41. The van der Waals surface area contributed by atoms with Gasteiger partial charge < -0.3 is 10.1 Å². The molecule has 2 aromatic rings. The van der Waals surface area contributed by atoms with Crippen molar-refractivity contribution in [2.24, 2.45) is 0 Å². The van der Waals surface area contributed by atoms with Crippen molar-refractivity contribution in [3.05, 3.63) is 71.3 Å². The first-order valence-corrected chi connectivity index (χ1v) is 8.98. The molecule has 1 atom stereocenters. The molecule has 3 amide bonds. The first-order valence-electron chi connectivity index (χ1n) is 8.98. The molecule has 6 nitrogen and oxygen atoms in total. The quantitative estimate of drug-likeness (QED) is 0.798. The number of ether oxygens (including phenoxy) is 1. The minimum Gasteiger partial charge on any atom is -0.449 e. The van der Waals surface area contributed by atoms with Crippen molar-refractivity contribution in [1.82, 2.24) is 10.2 Å². The normalized spacial score (nSPS) is 14.6. The van der Waals surface area contributed by atoms with Crippen LogP contribution in [0.3, 0.4) is 0 Å². The Labute approximate surface area is 158 Å². The molecule has 0 radical (unpaired) electrons. The maximum atomic E-state index is 12.6. The van der Waals surface area contributed by atoms with Crippen molar-refractivity contribution in [1.29, 1.82) is 0 Å². The number of imide groups is 1. The zero-order chi connectivity index (χ0) is 19.2. The van der Waals surface area contributed by atoms with Crippen LogP contribution in [0.4, 0.5) is 4.79 Å². The molecule has 6 heteroatoms. The van der Waals surface area contributed by atoms with E-state index >= 15 is 0 Å². The molecule has 1 unspecified atom stereocenters. The minimum absolute atomic E-state index is 0.285. The molecule has 27 heavy (non-hydrogen) atoms. The van der Waals surface area contributed by atoms with Crippen LogP contribution in [-0.2, 0) is 22.4 Å². The van der Waals surface area contributed by atoms with E-state index in [-0.39, 0.29) is 6.54 Å². The first kappa shape index (κ1) is 18.6. The van der Waals surface area contributed by atoms with Crippen molar-refractivity contribution in [3.8, 4) is 0 Å². The Hall–Kier alpha value is -3.15. The topological polar surface area (TPSA) is 75.7 Å². The lowest BCUT2D eigenvalue weighted by atomic mass is 10.00. The monoisotopic (exact) mass is 366 g/mol. The molecule has 3 rings (SSSR count). The molecular weight excluding hydrogens is 344 g/mol. The predicted octanol–water partition coefficient (Wildman–Crippen LogP) is 2.57. The number of nitrogens with one attached hydrogen (secondary N) is 1. The second kappa shape index (κ2) is 8.49. The van der Waals surface area contributed by atoms with Gasteiger partial charge in [0, 0.05) is 13.1 Å². The number of carbonyl (C=O) groups is 3. The molecule has 1 aliphatic rings. The van der Waals surface area contributed by atoms with Crippen molar-refractivity contribution < 1.29 is 19.1 Å². The highest BCUT2D eigenvalue weighted by Gasteiger charge is 2.32. The fourth-order valence-electron chi connectivity index (χ4n) is 3.04. The molecule has 2 aromatic carbocycles. The summed E-state index contributed by atoms with van der Waals surface area (Å²) in [4.78, 5) is 37.6. The minimum atomic E-state index is -1.02. The van der Waals surface area contributed by atoms with Gasteiger partial charge in [-0.3, -0.25) is 9.69 Å². The summed E-state index contributed by atoms with van der Waals surface area (Å²) in [7, 11) is 0. The summed E-state index contributed by atoms with van der Waals surface area (Å²) in [5, 5.41) is 2.56. The van der Waals surface area contributed by atoms with Gasteiger partial charge in [0.2, 0.25) is 0 Å². The lowest BCUT2D eigenvalue weighted by Crippen LogP contribution is -2.41. The van der Waals surface area contributed by atoms with Gasteiger partial charge in [0.15, 0.2) is 6.10 Å². The van der Waals surface area contributed by atoms with Crippen LogP contribution in [0, 0.1) is 0 Å². The average Bonchev–Trinajstić information content (AvgIpc) is 3.12. The summed E-state index contributed by atoms with van der Waals surface area (Å²) in [6.07, 6.45) is 0.461. The van der Waals surface area contributed by atoms with Gasteiger partial charge in [0.1, 0.15) is 0 Å². The Morgan fingerprint density at radius 1 is 1.07 bits per heavy atom. The Balaban J connectivity index is 1.65. The van der Waals surface area contributed by atoms with Crippen LogP contribution in [0.1, 0.15) is 28.4 Å². The van der Waals surface area contributed by atoms with Crippen LogP contribution in [0.2, 0.25) is 0 Å². The molecule has 1 heterocycles. The molecule has 1 fully saturated rings. The summed E-state index contributed by atoms with van der Waals surface area (Å²) < 4.78 is 5.34. The van der Waals surface area contributed by atoms with Crippen LogP contribution in [0.15, 0.2) is 54.6 Å². The van der Waals surface area contributed by atoms with E-state index in [1.165, 1.54) is 12.5 Å². The highest BCUT2D eigenvalue weighted by Crippen LogP contribution is 2.15. The zero-order valence-corrected chi connectivity index (χ0v) is 15.2. The highest BCUT2D eigenvalue weighted by molar-refractivity contribution is 5.99. The van der Waals surface area contributed by atoms with Crippen LogP contribution in [0.5, 0.6) is 0 Å². The number of carbonyl (C=O) groups excluding carboxylic acids is 3. The molecule has 0 aliphatic carbocycles. The molecule has 0 spiro atoms. The number of amides is 3. The van der Waals surface area contributed by atoms with Crippen LogP contribution in [0.25, 0.3) is 0 Å². The van der Waals surface area contributed by atoms with Gasteiger partial charge in [0.25, 0.3) is 5.91 Å². The first-order chi connectivity index (χ1) is 13.1. The van der Waals surface area contributed by atoms with E-state index in [0.29, 0.717) is 18.5 Å². The molecule has 1 N–H and O–H groups in total. The largest absolute Gasteiger partial charge is 0.449 e. The van der Waals surface area contributed by atoms with Gasteiger partial charge in [-0.05, 0) is 37.0 Å². The summed E-state index contributed by atoms with van der Waals surface area (Å²) in [5.41, 5.74) is 2.49. The number of rotatable bonds is 6. The van der Waals surface area contributed by atoms with E-state index in [1.807, 2.05) is 42.5 Å². The Morgan fingerprint density at radius 3 is 2.48 bits per heavy atom. The third-order valence-electron chi connectivity index (χ3n) is 4.52. The standard InChI is InChI=1S/C21H22N2O4/c1-15(19(24)23-14-13-22-21(23)26)27-20(25)18-10-6-5-9-17(18)12-11-16-7-3-2-4-8-16/h2-10,15H,11-14H2,1H3,(H,22,26). The fourth-order valence-corrected chi connectivity index (χ4v) is 3.04. The molecular formula is C21H22N2O4. The smallest absolute Gasteiger partial charge is 0.339 e. The van der Waals surface area contributed by atoms with Gasteiger partial charge in [-0.15, -0.1) is 0 Å². The summed E-state index contributed by atoms with van der Waals surface area (Å²) in [6.45, 7) is 2.18. The van der Waals surface area contributed by atoms with E-state index < -0.39 is 24.0 Å². The third kappa shape index (κ3) is 4.53. The third-order valence-corrected chi connectivity index (χ3v) is 4.52. The summed E-state index contributed by atoms with van der Waals surface area (Å²) in [5.74, 6) is -1.07. The lowest BCUT2D eigenvalue weighted by molar-refractivity contribution is -0.136. The van der Waals surface area contributed by atoms with Crippen LogP contribution >= 0.6 is 0 Å². The van der Waals surface area contributed by atoms with E-state index in [0.717, 1.165) is 16.9 Å². The van der Waals surface area contributed by atoms with Gasteiger partial charge >= 0.3 is 12.0 Å². The number of benzene rings is 2. The number of hydrogen-bond donors (Lipinski definition) is 1. The number of hydrogen-bond acceptors (Lipinski definition) is 4. The predicted molar refractivity (Wildman–Crippen MR) is 100 cm³/mol. The van der Waals surface area contributed by atoms with Crippen LogP contribution < -0.4 is 5.32 Å². The molecule has 0 saturated carbocycles. The Kier molecular flexibility index (Phi) is 5.86. The lowest BCUT2D eigenvalue weighted by Gasteiger charge is -2.19. The van der Waals surface area contributed by atoms with Crippen molar-refractivity contribution >= 4 is 17.9 Å². The zero-order valence-electron chi connectivity index (χ0n) is 15.2. The van der Waals surface area contributed by atoms with E-state index in [1.54, 1.807) is 12.1 Å². The molecule has 1 saturated heterocycles. The van der Waals surface area contributed by atoms with Crippen molar-refractivity contribution in [2.45, 2.75) is 25.9 Å². The fraction of sp³-hybridized carbons (Fsp3) is 0.286. The number of esters is 1. The Morgan fingerprint density at radius 2 is 1.78 bits per heavy atom. The Bertz CT molecular complexity index is 835. The van der Waals surface area contributed by atoms with Crippen LogP contribution in [-0.4, -0.2) is 42.0 Å². The SMILES string of the molecule is CC(OC(=O)c1ccccc1CCc1ccccc1)C(=O)N1CCNC1=O. The van der Waals surface area contributed by atoms with Gasteiger partial charge in [-0.1, -0.05) is 48.5 Å². The van der Waals surface area contributed by atoms with Gasteiger partial charge in [-0.25, -0.2) is 9.59 Å². The van der Waals surface area contributed by atoms with E-state index in [2.05, 4.69) is 5.32 Å². The summed E-state index contributed by atoms with van der Waals surface area (Å²) in [6, 6.07) is 16.8. The molecule has 1 aliphatic heterocycles. The highest BCUT2D eigenvalue weighted by atomic mass is 16.5. The molecule has 140 valence electrons. The van der Waals surface area contributed by atoms with E-state index in [9.17, 15) is 14.4 Å². The number of urea groups is 1. The summed E-state index contributed by atoms with van der Waals surface area (Å²) >= 11 is 0. The van der Waals surface area contributed by atoms with Gasteiger partial charge in [-0.2, -0.15) is 0 Å². The average molecular weight is 366 g/mol. The number of aryl methyl sites for hydroxylation is 2. The maximum absolute atomic E-state index is 12.6. The van der Waals surface area contributed by atoms with E-state index in [4.69, 9.17) is 4.74 Å².